The van der Waals surface area contributed by atoms with Crippen LogP contribution in [0.5, 0.6) is 5.75 Å². The first-order chi connectivity index (χ1) is 10.9. The zero-order chi connectivity index (χ0) is 17.2. The molecule has 0 aliphatic rings. The van der Waals surface area contributed by atoms with Gasteiger partial charge in [0.2, 0.25) is 6.29 Å². The van der Waals surface area contributed by atoms with Gasteiger partial charge in [-0.2, -0.15) is 0 Å². The Balaban J connectivity index is 2.37. The lowest BCUT2D eigenvalue weighted by molar-refractivity contribution is -0.165. The predicted molar refractivity (Wildman–Crippen MR) is 86.9 cm³/mol. The van der Waals surface area contributed by atoms with Crippen LogP contribution in [0.4, 0.5) is 5.69 Å². The van der Waals surface area contributed by atoms with Crippen molar-refractivity contribution in [1.82, 2.24) is 0 Å². The molecule has 0 bridgehead atoms. The number of unbranched alkanes of at least 4 members (excludes halogenated alkanes) is 4. The molecule has 1 unspecified atom stereocenters. The van der Waals surface area contributed by atoms with Gasteiger partial charge in [0.15, 0.2) is 0 Å². The van der Waals surface area contributed by atoms with Gasteiger partial charge in [0, 0.05) is 19.0 Å². The average molecular weight is 323 g/mol. The maximum absolute atomic E-state index is 11.9. The summed E-state index contributed by atoms with van der Waals surface area (Å²) in [5, 5.41) is 9.62. The van der Waals surface area contributed by atoms with Crippen LogP contribution in [0.2, 0.25) is 0 Å². The molecule has 0 fully saturated rings. The van der Waals surface area contributed by atoms with E-state index >= 15 is 0 Å². The van der Waals surface area contributed by atoms with Gasteiger partial charge in [0.1, 0.15) is 11.3 Å². The average Bonchev–Trinajstić information content (AvgIpc) is 2.49. The molecule has 0 saturated heterocycles. The molecule has 1 atom stereocenters. The fraction of sp³-hybridized carbons (Fsp3) is 0.529. The largest absolute Gasteiger partial charge is 0.507 e. The molecule has 128 valence electrons. The van der Waals surface area contributed by atoms with Gasteiger partial charge in [-0.25, -0.2) is 4.79 Å². The minimum atomic E-state index is -1.02. The lowest BCUT2D eigenvalue weighted by atomic mass is 10.1. The van der Waals surface area contributed by atoms with Crippen molar-refractivity contribution in [1.29, 1.82) is 0 Å². The molecular formula is C17H25NO5. The highest BCUT2D eigenvalue weighted by molar-refractivity contribution is 5.93. The second-order valence-corrected chi connectivity index (χ2v) is 5.40. The van der Waals surface area contributed by atoms with Gasteiger partial charge in [-0.1, -0.05) is 32.6 Å². The Kier molecular flexibility index (Phi) is 7.94. The molecular weight excluding hydrogens is 298 g/mol. The Morgan fingerprint density at radius 3 is 2.57 bits per heavy atom. The van der Waals surface area contributed by atoms with Crippen molar-refractivity contribution in [2.75, 3.05) is 5.73 Å². The van der Waals surface area contributed by atoms with Crippen LogP contribution < -0.4 is 5.73 Å². The first kappa shape index (κ1) is 18.8. The van der Waals surface area contributed by atoms with Gasteiger partial charge in [0.05, 0.1) is 0 Å². The van der Waals surface area contributed by atoms with Crippen molar-refractivity contribution < 1.29 is 24.2 Å². The fourth-order valence-electron chi connectivity index (χ4n) is 2.07. The number of aromatic hydroxyl groups is 1. The number of benzene rings is 1. The van der Waals surface area contributed by atoms with E-state index in [1.165, 1.54) is 25.1 Å². The third-order valence-electron chi connectivity index (χ3n) is 3.30. The number of anilines is 1. The SMILES string of the molecule is CCCCCCCC(=O)OC(C)OC(=O)c1cc(N)ccc1O. The van der Waals surface area contributed by atoms with E-state index in [1.807, 2.05) is 0 Å². The highest BCUT2D eigenvalue weighted by Gasteiger charge is 2.18. The van der Waals surface area contributed by atoms with Gasteiger partial charge in [0.25, 0.3) is 0 Å². The summed E-state index contributed by atoms with van der Waals surface area (Å²) in [6.07, 6.45) is 4.43. The number of hydrogen-bond acceptors (Lipinski definition) is 6. The number of hydrogen-bond donors (Lipinski definition) is 2. The summed E-state index contributed by atoms with van der Waals surface area (Å²) in [4.78, 5) is 23.6. The zero-order valence-corrected chi connectivity index (χ0v) is 13.7. The first-order valence-corrected chi connectivity index (χ1v) is 7.93. The number of esters is 2. The molecule has 0 aliphatic heterocycles. The summed E-state index contributed by atoms with van der Waals surface area (Å²) in [5.74, 6) is -1.43. The van der Waals surface area contributed by atoms with E-state index in [9.17, 15) is 14.7 Å². The Morgan fingerprint density at radius 2 is 1.87 bits per heavy atom. The second kappa shape index (κ2) is 9.71. The molecule has 1 aromatic carbocycles. The molecule has 6 nitrogen and oxygen atoms in total. The topological polar surface area (TPSA) is 98.9 Å². The Bertz CT molecular complexity index is 530. The second-order valence-electron chi connectivity index (χ2n) is 5.40. The number of ether oxygens (including phenoxy) is 2. The van der Waals surface area contributed by atoms with E-state index in [2.05, 4.69) is 6.92 Å². The summed E-state index contributed by atoms with van der Waals surface area (Å²) < 4.78 is 10.0. The summed E-state index contributed by atoms with van der Waals surface area (Å²) in [6.45, 7) is 3.58. The third kappa shape index (κ3) is 7.04. The van der Waals surface area contributed by atoms with Crippen LogP contribution in [-0.4, -0.2) is 23.3 Å². The Hall–Kier alpha value is -2.24. The van der Waals surface area contributed by atoms with E-state index in [1.54, 1.807) is 0 Å². The number of phenolic OH excluding ortho intramolecular Hbond substituents is 1. The van der Waals surface area contributed by atoms with Crippen LogP contribution in [0.15, 0.2) is 18.2 Å². The van der Waals surface area contributed by atoms with Crippen LogP contribution in [0, 0.1) is 0 Å². The maximum atomic E-state index is 11.9. The lowest BCUT2D eigenvalue weighted by Gasteiger charge is -2.14. The zero-order valence-electron chi connectivity index (χ0n) is 13.7. The van der Waals surface area contributed by atoms with Gasteiger partial charge < -0.3 is 20.3 Å². The molecule has 0 spiro atoms. The molecule has 6 heteroatoms. The summed E-state index contributed by atoms with van der Waals surface area (Å²) in [6, 6.07) is 4.08. The lowest BCUT2D eigenvalue weighted by Crippen LogP contribution is -2.21. The van der Waals surface area contributed by atoms with Gasteiger partial charge in [-0.05, 0) is 24.6 Å². The van der Waals surface area contributed by atoms with Crippen molar-refractivity contribution in [2.24, 2.45) is 0 Å². The van der Waals surface area contributed by atoms with E-state index < -0.39 is 18.2 Å². The number of nitrogens with two attached hydrogens (primary N) is 1. The number of rotatable bonds is 9. The van der Waals surface area contributed by atoms with E-state index in [0.29, 0.717) is 12.1 Å². The van der Waals surface area contributed by atoms with Crippen LogP contribution in [0.3, 0.4) is 0 Å². The van der Waals surface area contributed by atoms with Crippen molar-refractivity contribution in [3.8, 4) is 5.75 Å². The highest BCUT2D eigenvalue weighted by atomic mass is 16.7. The van der Waals surface area contributed by atoms with E-state index in [-0.39, 0.29) is 11.3 Å². The number of phenols is 1. The predicted octanol–water partition coefficient (Wildman–Crippen LogP) is 3.38. The summed E-state index contributed by atoms with van der Waals surface area (Å²) >= 11 is 0. The van der Waals surface area contributed by atoms with Crippen molar-refractivity contribution >= 4 is 17.6 Å². The molecule has 0 aromatic heterocycles. The molecule has 0 aliphatic carbocycles. The van der Waals surface area contributed by atoms with Crippen molar-refractivity contribution in [3.63, 3.8) is 0 Å². The number of nitrogen functional groups attached to an aromatic ring is 1. The van der Waals surface area contributed by atoms with Crippen LogP contribution in [0.25, 0.3) is 0 Å². The molecule has 1 rings (SSSR count). The summed E-state index contributed by atoms with van der Waals surface area (Å²) in [7, 11) is 0. The van der Waals surface area contributed by atoms with Crippen LogP contribution >= 0.6 is 0 Å². The number of carbonyl (C=O) groups excluding carboxylic acids is 2. The van der Waals surface area contributed by atoms with Gasteiger partial charge in [-0.15, -0.1) is 0 Å². The normalized spacial score (nSPS) is 11.7. The maximum Gasteiger partial charge on any atom is 0.345 e. The molecule has 0 saturated carbocycles. The van der Waals surface area contributed by atoms with Gasteiger partial charge >= 0.3 is 11.9 Å². The van der Waals surface area contributed by atoms with Crippen LogP contribution in [-0.2, 0) is 14.3 Å². The Morgan fingerprint density at radius 1 is 1.17 bits per heavy atom. The smallest absolute Gasteiger partial charge is 0.345 e. The molecule has 23 heavy (non-hydrogen) atoms. The third-order valence-corrected chi connectivity index (χ3v) is 3.30. The fourth-order valence-corrected chi connectivity index (χ4v) is 2.07. The Labute approximate surface area is 136 Å². The highest BCUT2D eigenvalue weighted by Crippen LogP contribution is 2.21. The standard InChI is InChI=1S/C17H25NO5/c1-3-4-5-6-7-8-16(20)22-12(2)23-17(21)14-11-13(18)9-10-15(14)19/h9-12,19H,3-8,18H2,1-2H3. The van der Waals surface area contributed by atoms with E-state index in [0.717, 1.165) is 32.1 Å². The molecule has 0 radical (unpaired) electrons. The summed E-state index contributed by atoms with van der Waals surface area (Å²) in [5.41, 5.74) is 5.82. The number of carbonyl (C=O) groups is 2. The van der Waals surface area contributed by atoms with E-state index in [4.69, 9.17) is 15.2 Å². The van der Waals surface area contributed by atoms with Crippen molar-refractivity contribution in [3.05, 3.63) is 23.8 Å². The quantitative estimate of drug-likeness (QED) is 0.238. The molecule has 0 heterocycles. The van der Waals surface area contributed by atoms with Crippen molar-refractivity contribution in [2.45, 2.75) is 58.7 Å². The first-order valence-electron chi connectivity index (χ1n) is 7.93. The molecule has 1 aromatic rings. The molecule has 0 amide bonds. The minimum absolute atomic E-state index is 0.0625. The van der Waals surface area contributed by atoms with Crippen LogP contribution in [0.1, 0.15) is 62.7 Å². The minimum Gasteiger partial charge on any atom is -0.507 e. The van der Waals surface area contributed by atoms with Gasteiger partial charge in [-0.3, -0.25) is 4.79 Å². The molecule has 3 N–H and O–H groups in total. The monoisotopic (exact) mass is 323 g/mol.